The zero-order valence-electron chi connectivity index (χ0n) is 10.6. The molecule has 3 N–H and O–H groups in total. The molecule has 100 valence electrons. The molecule has 0 unspecified atom stereocenters. The third-order valence-electron chi connectivity index (χ3n) is 2.76. The van der Waals surface area contributed by atoms with E-state index in [0.29, 0.717) is 15.7 Å². The minimum Gasteiger partial charge on any atom is -0.383 e. The van der Waals surface area contributed by atoms with E-state index < -0.39 is 5.91 Å². The summed E-state index contributed by atoms with van der Waals surface area (Å²) in [7, 11) is 0. The highest BCUT2D eigenvalue weighted by atomic mass is 79.9. The van der Waals surface area contributed by atoms with Crippen LogP contribution in [0.15, 0.2) is 34.9 Å². The SMILES string of the molecule is Cc1cccc(NC(=O)c2cc(Br)cnc2N)c1C#N. The number of aromatic nitrogens is 1. The van der Waals surface area contributed by atoms with E-state index in [1.807, 2.05) is 13.0 Å². The Morgan fingerprint density at radius 2 is 2.25 bits per heavy atom. The lowest BCUT2D eigenvalue weighted by molar-refractivity contribution is 0.102. The number of benzene rings is 1. The molecule has 0 saturated carbocycles. The van der Waals surface area contributed by atoms with Gasteiger partial charge >= 0.3 is 0 Å². The number of amides is 1. The summed E-state index contributed by atoms with van der Waals surface area (Å²) in [4.78, 5) is 16.1. The Labute approximate surface area is 124 Å². The normalized spacial score (nSPS) is 9.85. The number of pyridine rings is 1. The second-order valence-corrected chi connectivity index (χ2v) is 5.07. The van der Waals surface area contributed by atoms with Crippen molar-refractivity contribution in [3.8, 4) is 6.07 Å². The topological polar surface area (TPSA) is 91.8 Å². The van der Waals surface area contributed by atoms with Crippen molar-refractivity contribution in [1.82, 2.24) is 4.98 Å². The number of nitrogens with two attached hydrogens (primary N) is 1. The molecule has 0 spiro atoms. The van der Waals surface area contributed by atoms with Crippen molar-refractivity contribution in [2.75, 3.05) is 11.1 Å². The minimum absolute atomic E-state index is 0.136. The highest BCUT2D eigenvalue weighted by Gasteiger charge is 2.14. The summed E-state index contributed by atoms with van der Waals surface area (Å²) in [6.07, 6.45) is 1.51. The number of anilines is 2. The van der Waals surface area contributed by atoms with Gasteiger partial charge in [-0.05, 0) is 40.5 Å². The van der Waals surface area contributed by atoms with Crippen LogP contribution >= 0.6 is 15.9 Å². The van der Waals surface area contributed by atoms with Crippen molar-refractivity contribution in [3.63, 3.8) is 0 Å². The molecule has 0 fully saturated rings. The number of nitrogens with zero attached hydrogens (tertiary/aromatic N) is 2. The fraction of sp³-hybridized carbons (Fsp3) is 0.0714. The number of carbonyl (C=O) groups is 1. The zero-order chi connectivity index (χ0) is 14.7. The van der Waals surface area contributed by atoms with Crippen molar-refractivity contribution in [2.45, 2.75) is 6.92 Å². The standard InChI is InChI=1S/C14H11BrN4O/c1-8-3-2-4-12(11(8)6-16)19-14(20)10-5-9(15)7-18-13(10)17/h2-5,7H,1H3,(H2,17,18)(H,19,20). The molecule has 1 heterocycles. The van der Waals surface area contributed by atoms with Crippen LogP contribution in [-0.4, -0.2) is 10.9 Å². The largest absolute Gasteiger partial charge is 0.383 e. The third kappa shape index (κ3) is 2.78. The molecule has 0 aliphatic rings. The lowest BCUT2D eigenvalue weighted by atomic mass is 10.1. The Morgan fingerprint density at radius 1 is 1.50 bits per heavy atom. The Kier molecular flexibility index (Phi) is 4.01. The molecule has 5 nitrogen and oxygen atoms in total. The van der Waals surface area contributed by atoms with Gasteiger partial charge in [-0.15, -0.1) is 0 Å². The van der Waals surface area contributed by atoms with E-state index in [1.54, 1.807) is 18.2 Å². The minimum atomic E-state index is -0.404. The molecule has 0 bridgehead atoms. The molecule has 6 heteroatoms. The van der Waals surface area contributed by atoms with Gasteiger partial charge in [-0.1, -0.05) is 12.1 Å². The number of hydrogen-bond acceptors (Lipinski definition) is 4. The summed E-state index contributed by atoms with van der Waals surface area (Å²) in [5.74, 6) is -0.268. The van der Waals surface area contributed by atoms with E-state index in [-0.39, 0.29) is 11.4 Å². The molecular formula is C14H11BrN4O. The molecule has 2 aromatic rings. The number of hydrogen-bond donors (Lipinski definition) is 2. The van der Waals surface area contributed by atoms with Crippen molar-refractivity contribution in [1.29, 1.82) is 5.26 Å². The molecule has 0 radical (unpaired) electrons. The van der Waals surface area contributed by atoms with Crippen LogP contribution in [0.3, 0.4) is 0 Å². The first-order valence-corrected chi connectivity index (χ1v) is 6.54. The van der Waals surface area contributed by atoms with Gasteiger partial charge in [0.15, 0.2) is 0 Å². The summed E-state index contributed by atoms with van der Waals surface area (Å²) >= 11 is 3.24. The van der Waals surface area contributed by atoms with Gasteiger partial charge in [0.2, 0.25) is 0 Å². The molecule has 20 heavy (non-hydrogen) atoms. The maximum absolute atomic E-state index is 12.2. The van der Waals surface area contributed by atoms with Crippen LogP contribution in [0.2, 0.25) is 0 Å². The second kappa shape index (κ2) is 5.72. The number of carbonyl (C=O) groups excluding carboxylic acids is 1. The van der Waals surface area contributed by atoms with Gasteiger partial charge < -0.3 is 11.1 Å². The number of halogens is 1. The van der Waals surface area contributed by atoms with Crippen LogP contribution in [0.25, 0.3) is 0 Å². The molecular weight excluding hydrogens is 320 g/mol. The number of nitrogens with one attached hydrogen (secondary N) is 1. The van der Waals surface area contributed by atoms with E-state index in [9.17, 15) is 4.79 Å². The monoisotopic (exact) mass is 330 g/mol. The van der Waals surface area contributed by atoms with Crippen LogP contribution in [0.1, 0.15) is 21.5 Å². The van der Waals surface area contributed by atoms with E-state index in [4.69, 9.17) is 11.0 Å². The predicted molar refractivity (Wildman–Crippen MR) is 80.2 cm³/mol. The van der Waals surface area contributed by atoms with E-state index in [2.05, 4.69) is 32.3 Å². The van der Waals surface area contributed by atoms with Crippen molar-refractivity contribution >= 4 is 33.3 Å². The van der Waals surface area contributed by atoms with Crippen molar-refractivity contribution < 1.29 is 4.79 Å². The number of rotatable bonds is 2. The molecule has 0 aliphatic heterocycles. The van der Waals surface area contributed by atoms with Crippen LogP contribution in [0, 0.1) is 18.3 Å². The number of nitriles is 1. The Bertz CT molecular complexity index is 722. The van der Waals surface area contributed by atoms with Crippen LogP contribution < -0.4 is 11.1 Å². The first-order valence-electron chi connectivity index (χ1n) is 5.75. The second-order valence-electron chi connectivity index (χ2n) is 4.15. The number of nitrogen functional groups attached to an aromatic ring is 1. The molecule has 1 aromatic carbocycles. The van der Waals surface area contributed by atoms with Gasteiger partial charge in [0.25, 0.3) is 5.91 Å². The Hall–Kier alpha value is -2.39. The fourth-order valence-corrected chi connectivity index (χ4v) is 2.07. The lowest BCUT2D eigenvalue weighted by Crippen LogP contribution is -2.16. The molecule has 1 aromatic heterocycles. The fourth-order valence-electron chi connectivity index (χ4n) is 1.74. The summed E-state index contributed by atoms with van der Waals surface area (Å²) in [6, 6.07) is 8.91. The number of aryl methyl sites for hydroxylation is 1. The summed E-state index contributed by atoms with van der Waals surface area (Å²) in [5, 5.41) is 11.8. The molecule has 0 aliphatic carbocycles. The maximum Gasteiger partial charge on any atom is 0.259 e. The third-order valence-corrected chi connectivity index (χ3v) is 3.20. The molecule has 1 amide bonds. The summed E-state index contributed by atoms with van der Waals surface area (Å²) < 4.78 is 0.654. The van der Waals surface area contributed by atoms with E-state index in [1.165, 1.54) is 6.20 Å². The summed E-state index contributed by atoms with van der Waals surface area (Å²) in [6.45, 7) is 1.81. The molecule has 0 saturated heterocycles. The average Bonchev–Trinajstić information content (AvgIpc) is 2.41. The van der Waals surface area contributed by atoms with Gasteiger partial charge in [-0.2, -0.15) is 5.26 Å². The zero-order valence-corrected chi connectivity index (χ0v) is 12.2. The Morgan fingerprint density at radius 3 is 2.95 bits per heavy atom. The van der Waals surface area contributed by atoms with Gasteiger partial charge in [-0.3, -0.25) is 4.79 Å². The van der Waals surface area contributed by atoms with E-state index in [0.717, 1.165) is 5.56 Å². The molecule has 2 rings (SSSR count). The van der Waals surface area contributed by atoms with Crippen molar-refractivity contribution in [2.24, 2.45) is 0 Å². The van der Waals surface area contributed by atoms with Gasteiger partial charge in [0.05, 0.1) is 16.8 Å². The summed E-state index contributed by atoms with van der Waals surface area (Å²) in [5.41, 5.74) is 7.63. The maximum atomic E-state index is 12.2. The first kappa shape index (κ1) is 14.0. The van der Waals surface area contributed by atoms with E-state index >= 15 is 0 Å². The van der Waals surface area contributed by atoms with Gasteiger partial charge in [-0.25, -0.2) is 4.98 Å². The highest BCUT2D eigenvalue weighted by molar-refractivity contribution is 9.10. The van der Waals surface area contributed by atoms with Gasteiger partial charge in [0.1, 0.15) is 11.9 Å². The Balaban J connectivity index is 2.36. The smallest absolute Gasteiger partial charge is 0.259 e. The van der Waals surface area contributed by atoms with Gasteiger partial charge in [0, 0.05) is 10.7 Å². The van der Waals surface area contributed by atoms with Crippen LogP contribution in [0.5, 0.6) is 0 Å². The van der Waals surface area contributed by atoms with Crippen LogP contribution in [0.4, 0.5) is 11.5 Å². The molecule has 0 atom stereocenters. The quantitative estimate of drug-likeness (QED) is 0.885. The first-order chi connectivity index (χ1) is 9.52. The van der Waals surface area contributed by atoms with Crippen LogP contribution in [-0.2, 0) is 0 Å². The average molecular weight is 331 g/mol. The lowest BCUT2D eigenvalue weighted by Gasteiger charge is -2.10. The van der Waals surface area contributed by atoms with Crippen molar-refractivity contribution in [3.05, 3.63) is 51.6 Å². The highest BCUT2D eigenvalue weighted by Crippen LogP contribution is 2.21. The predicted octanol–water partition coefficient (Wildman–Crippen LogP) is 2.86.